The standard InChI is InChI=1S/C15H21FN2O3/c1-21-13-4-3-12(14(16)9-13)10-17-5-2-6-18(8-7-17)11-15(19)20/h3-4,9H,2,5-8,10-11H2,1H3,(H,19,20). The lowest BCUT2D eigenvalue weighted by molar-refractivity contribution is -0.138. The smallest absolute Gasteiger partial charge is 0.317 e. The number of hydrogen-bond donors (Lipinski definition) is 1. The van der Waals surface area contributed by atoms with E-state index in [1.54, 1.807) is 12.1 Å². The number of nitrogens with zero attached hydrogens (tertiary/aromatic N) is 2. The van der Waals surface area contributed by atoms with Crippen LogP contribution in [0.25, 0.3) is 0 Å². The maximum absolute atomic E-state index is 13.9. The molecule has 0 aromatic heterocycles. The van der Waals surface area contributed by atoms with Crippen molar-refractivity contribution in [3.8, 4) is 5.75 Å². The highest BCUT2D eigenvalue weighted by Gasteiger charge is 2.17. The molecule has 21 heavy (non-hydrogen) atoms. The van der Waals surface area contributed by atoms with Gasteiger partial charge in [0.25, 0.3) is 0 Å². The number of carboxylic acid groups (broad SMARTS) is 1. The van der Waals surface area contributed by atoms with Crippen LogP contribution in [0.15, 0.2) is 18.2 Å². The quantitative estimate of drug-likeness (QED) is 0.891. The number of ether oxygens (including phenoxy) is 1. The van der Waals surface area contributed by atoms with Gasteiger partial charge in [-0.1, -0.05) is 6.07 Å². The second-order valence-corrected chi connectivity index (χ2v) is 5.26. The van der Waals surface area contributed by atoms with E-state index in [1.807, 2.05) is 4.90 Å². The maximum atomic E-state index is 13.9. The zero-order chi connectivity index (χ0) is 15.2. The first-order valence-corrected chi connectivity index (χ1v) is 7.07. The van der Waals surface area contributed by atoms with Crippen molar-refractivity contribution in [2.75, 3.05) is 39.8 Å². The molecule has 1 aliphatic heterocycles. The predicted molar refractivity (Wildman–Crippen MR) is 76.9 cm³/mol. The van der Waals surface area contributed by atoms with E-state index in [0.29, 0.717) is 24.4 Å². The van der Waals surface area contributed by atoms with Gasteiger partial charge in [-0.15, -0.1) is 0 Å². The Kier molecular flexibility index (Phi) is 5.52. The molecule has 2 rings (SSSR count). The summed E-state index contributed by atoms with van der Waals surface area (Å²) in [5.41, 5.74) is 0.641. The zero-order valence-corrected chi connectivity index (χ0v) is 12.2. The minimum absolute atomic E-state index is 0.0741. The minimum Gasteiger partial charge on any atom is -0.497 e. The summed E-state index contributed by atoms with van der Waals surface area (Å²) in [5.74, 6) is -0.551. The Morgan fingerprint density at radius 3 is 2.67 bits per heavy atom. The summed E-state index contributed by atoms with van der Waals surface area (Å²) in [6, 6.07) is 4.89. The van der Waals surface area contributed by atoms with Crippen LogP contribution in [-0.4, -0.2) is 60.7 Å². The summed E-state index contributed by atoms with van der Waals surface area (Å²) >= 11 is 0. The predicted octanol–water partition coefficient (Wildman–Crippen LogP) is 1.43. The Bertz CT molecular complexity index is 496. The Morgan fingerprint density at radius 2 is 2.00 bits per heavy atom. The van der Waals surface area contributed by atoms with Crippen LogP contribution in [0.3, 0.4) is 0 Å². The highest BCUT2D eigenvalue weighted by Crippen LogP contribution is 2.18. The third-order valence-corrected chi connectivity index (χ3v) is 3.69. The van der Waals surface area contributed by atoms with Crippen LogP contribution in [0.5, 0.6) is 5.75 Å². The van der Waals surface area contributed by atoms with Gasteiger partial charge in [-0.25, -0.2) is 4.39 Å². The Morgan fingerprint density at radius 1 is 1.29 bits per heavy atom. The van der Waals surface area contributed by atoms with Gasteiger partial charge in [-0.05, 0) is 19.0 Å². The highest BCUT2D eigenvalue weighted by molar-refractivity contribution is 5.69. The Hall–Kier alpha value is -1.66. The van der Waals surface area contributed by atoms with Crippen molar-refractivity contribution in [3.05, 3.63) is 29.6 Å². The molecule has 5 nitrogen and oxygen atoms in total. The van der Waals surface area contributed by atoms with Crippen molar-refractivity contribution in [2.24, 2.45) is 0 Å². The molecule has 1 N–H and O–H groups in total. The number of methoxy groups -OCH3 is 1. The van der Waals surface area contributed by atoms with Crippen LogP contribution in [0.1, 0.15) is 12.0 Å². The molecule has 0 aliphatic carbocycles. The van der Waals surface area contributed by atoms with Gasteiger partial charge in [-0.3, -0.25) is 14.6 Å². The van der Waals surface area contributed by atoms with Crippen LogP contribution in [0.4, 0.5) is 4.39 Å². The molecule has 1 aromatic rings. The van der Waals surface area contributed by atoms with Crippen LogP contribution in [0, 0.1) is 5.82 Å². The van der Waals surface area contributed by atoms with Crippen LogP contribution in [0.2, 0.25) is 0 Å². The fourth-order valence-corrected chi connectivity index (χ4v) is 2.56. The number of rotatable bonds is 5. The van der Waals surface area contributed by atoms with E-state index in [2.05, 4.69) is 4.90 Å². The molecule has 0 saturated carbocycles. The number of aliphatic carboxylic acids is 1. The summed E-state index contributed by atoms with van der Waals surface area (Å²) < 4.78 is 18.9. The van der Waals surface area contributed by atoms with E-state index in [9.17, 15) is 9.18 Å². The lowest BCUT2D eigenvalue weighted by Crippen LogP contribution is -2.34. The van der Waals surface area contributed by atoms with E-state index < -0.39 is 5.97 Å². The average molecular weight is 296 g/mol. The van der Waals surface area contributed by atoms with Crippen molar-refractivity contribution in [1.82, 2.24) is 9.80 Å². The number of benzene rings is 1. The Labute approximate surface area is 123 Å². The maximum Gasteiger partial charge on any atom is 0.317 e. The van der Waals surface area contributed by atoms with Gasteiger partial charge in [0.1, 0.15) is 11.6 Å². The molecular weight excluding hydrogens is 275 g/mol. The second-order valence-electron chi connectivity index (χ2n) is 5.26. The molecule has 6 heteroatoms. The monoisotopic (exact) mass is 296 g/mol. The summed E-state index contributed by atoms with van der Waals surface area (Å²) in [6.45, 7) is 3.68. The summed E-state index contributed by atoms with van der Waals surface area (Å²) in [4.78, 5) is 14.8. The van der Waals surface area contributed by atoms with E-state index in [4.69, 9.17) is 9.84 Å². The molecule has 1 saturated heterocycles. The lowest BCUT2D eigenvalue weighted by Gasteiger charge is -2.21. The summed E-state index contributed by atoms with van der Waals surface area (Å²) in [5, 5.41) is 8.83. The highest BCUT2D eigenvalue weighted by atomic mass is 19.1. The average Bonchev–Trinajstić information content (AvgIpc) is 2.66. The normalized spacial score (nSPS) is 17.4. The molecule has 1 aliphatic rings. The molecule has 0 bridgehead atoms. The largest absolute Gasteiger partial charge is 0.497 e. The first-order chi connectivity index (χ1) is 10.1. The number of hydrogen-bond acceptors (Lipinski definition) is 4. The molecule has 116 valence electrons. The van der Waals surface area contributed by atoms with Crippen molar-refractivity contribution in [1.29, 1.82) is 0 Å². The SMILES string of the molecule is COc1ccc(CN2CCCN(CC(=O)O)CC2)c(F)c1. The van der Waals surface area contributed by atoms with Crippen molar-refractivity contribution < 1.29 is 19.0 Å². The molecule has 0 radical (unpaired) electrons. The van der Waals surface area contributed by atoms with Gasteiger partial charge in [0.15, 0.2) is 0 Å². The fraction of sp³-hybridized carbons (Fsp3) is 0.533. The van der Waals surface area contributed by atoms with Crippen molar-refractivity contribution in [2.45, 2.75) is 13.0 Å². The molecule has 0 atom stereocenters. The van der Waals surface area contributed by atoms with E-state index in [1.165, 1.54) is 13.2 Å². The van der Waals surface area contributed by atoms with Gasteiger partial charge in [0, 0.05) is 37.8 Å². The topological polar surface area (TPSA) is 53.0 Å². The van der Waals surface area contributed by atoms with E-state index in [-0.39, 0.29) is 12.4 Å². The molecule has 0 amide bonds. The van der Waals surface area contributed by atoms with Crippen LogP contribution in [-0.2, 0) is 11.3 Å². The molecule has 1 fully saturated rings. The van der Waals surface area contributed by atoms with Crippen molar-refractivity contribution in [3.63, 3.8) is 0 Å². The number of carbonyl (C=O) groups is 1. The molecule has 1 heterocycles. The second kappa shape index (κ2) is 7.38. The Balaban J connectivity index is 1.93. The minimum atomic E-state index is -0.801. The summed E-state index contributed by atoms with van der Waals surface area (Å²) in [6.07, 6.45) is 0.894. The number of carboxylic acids is 1. The molecule has 0 spiro atoms. The van der Waals surface area contributed by atoms with Crippen molar-refractivity contribution >= 4 is 5.97 Å². The summed E-state index contributed by atoms with van der Waals surface area (Å²) in [7, 11) is 1.51. The van der Waals surface area contributed by atoms with Crippen LogP contribution >= 0.6 is 0 Å². The zero-order valence-electron chi connectivity index (χ0n) is 12.2. The van der Waals surface area contributed by atoms with Gasteiger partial charge >= 0.3 is 5.97 Å². The molecule has 0 unspecified atom stereocenters. The third kappa shape index (κ3) is 4.68. The molecular formula is C15H21FN2O3. The third-order valence-electron chi connectivity index (χ3n) is 3.69. The molecule has 1 aromatic carbocycles. The van der Waals surface area contributed by atoms with E-state index in [0.717, 1.165) is 26.1 Å². The first kappa shape index (κ1) is 15.7. The fourth-order valence-electron chi connectivity index (χ4n) is 2.56. The van der Waals surface area contributed by atoms with Crippen LogP contribution < -0.4 is 4.74 Å². The number of halogens is 1. The van der Waals surface area contributed by atoms with Gasteiger partial charge in [0.2, 0.25) is 0 Å². The van der Waals surface area contributed by atoms with Gasteiger partial charge < -0.3 is 9.84 Å². The lowest BCUT2D eigenvalue weighted by atomic mass is 10.2. The first-order valence-electron chi connectivity index (χ1n) is 7.07. The van der Waals surface area contributed by atoms with Gasteiger partial charge in [0.05, 0.1) is 13.7 Å². The van der Waals surface area contributed by atoms with E-state index >= 15 is 0 Å². The van der Waals surface area contributed by atoms with Gasteiger partial charge in [-0.2, -0.15) is 0 Å².